The Morgan fingerprint density at radius 2 is 0.526 bits per heavy atom. The third-order valence-electron chi connectivity index (χ3n) is 0. The summed E-state index contributed by atoms with van der Waals surface area (Å²) < 4.78 is 0. The molecule has 0 aromatic carbocycles. The van der Waals surface area contributed by atoms with E-state index in [0.29, 0.717) is 0 Å². The number of hydrogen-bond acceptors (Lipinski definition) is 6. The molecule has 0 saturated heterocycles. The van der Waals surface area contributed by atoms with Crippen molar-refractivity contribution in [2.75, 3.05) is 0 Å². The molecule has 0 unspecified atom stereocenters. The summed E-state index contributed by atoms with van der Waals surface area (Å²) in [4.78, 5) is 26.7. The zero-order valence-corrected chi connectivity index (χ0v) is 12.0. The molecular weight excluding hydrogens is 433 g/mol. The summed E-state index contributed by atoms with van der Waals surface area (Å²) in [6.45, 7) is 2.92. The second-order valence-corrected chi connectivity index (χ2v) is 1.47. The SMILES string of the molecule is CC(=O)[O-].CC(=O)[O-].CC(=O)[O-].O.O.O.O.O.O.[Tm+3]. The Hall–Kier alpha value is -0.596. The van der Waals surface area contributed by atoms with E-state index in [1.807, 2.05) is 0 Å². The summed E-state index contributed by atoms with van der Waals surface area (Å²) in [5.41, 5.74) is 0. The van der Waals surface area contributed by atoms with Crippen molar-refractivity contribution in [1.29, 1.82) is 0 Å². The zero-order chi connectivity index (χ0) is 10.7. The number of carbonyl (C=O) groups is 3. The Kier molecular flexibility index (Phi) is 275. The number of hydrogen-bond donors (Lipinski definition) is 0. The second kappa shape index (κ2) is 66.3. The van der Waals surface area contributed by atoms with Crippen molar-refractivity contribution in [2.24, 2.45) is 0 Å². The van der Waals surface area contributed by atoms with Crippen LogP contribution in [0.5, 0.6) is 0 Å². The molecule has 0 saturated carbocycles. The molecule has 0 heterocycles. The Balaban J connectivity index is -0.00000000675. The molecule has 0 fully saturated rings. The summed E-state index contributed by atoms with van der Waals surface area (Å²) in [6, 6.07) is 0. The molecule has 12 nitrogen and oxygen atoms in total. The van der Waals surface area contributed by atoms with Crippen LogP contribution in [0.2, 0.25) is 0 Å². The van der Waals surface area contributed by atoms with Crippen LogP contribution in [0.3, 0.4) is 0 Å². The van der Waals surface area contributed by atoms with Crippen molar-refractivity contribution in [2.45, 2.75) is 20.8 Å². The van der Waals surface area contributed by atoms with Gasteiger partial charge in [0.2, 0.25) is 0 Å². The van der Waals surface area contributed by atoms with E-state index in [0.717, 1.165) is 20.8 Å². The molecule has 0 rings (SSSR count). The van der Waals surface area contributed by atoms with Crippen LogP contribution in [0.1, 0.15) is 20.8 Å². The third-order valence-corrected chi connectivity index (χ3v) is 0. The molecule has 0 aliphatic rings. The van der Waals surface area contributed by atoms with Gasteiger partial charge in [-0.15, -0.1) is 0 Å². The molecule has 0 amide bonds. The van der Waals surface area contributed by atoms with Gasteiger partial charge in [-0.05, 0) is 20.8 Å². The summed E-state index contributed by atoms with van der Waals surface area (Å²) in [5, 5.41) is 26.7. The first kappa shape index (κ1) is 78.9. The molecular formula is C6H21O12Tm. The zero-order valence-electron chi connectivity index (χ0n) is 10.2. The molecule has 19 heavy (non-hydrogen) atoms. The molecule has 130 valence electrons. The van der Waals surface area contributed by atoms with Crippen LogP contribution in [0.25, 0.3) is 0 Å². The first-order chi connectivity index (χ1) is 5.20. The van der Waals surface area contributed by atoms with Crippen molar-refractivity contribution >= 4 is 17.9 Å². The molecule has 0 spiro atoms. The fourth-order valence-corrected chi connectivity index (χ4v) is 0. The normalized spacial score (nSPS) is 3.95. The van der Waals surface area contributed by atoms with E-state index in [4.69, 9.17) is 29.7 Å². The molecule has 0 aliphatic heterocycles. The first-order valence-corrected chi connectivity index (χ1v) is 2.72. The molecule has 0 radical (unpaired) electrons. The van der Waals surface area contributed by atoms with Crippen molar-refractivity contribution < 1.29 is 99.4 Å². The van der Waals surface area contributed by atoms with E-state index < -0.39 is 17.9 Å². The maximum atomic E-state index is 8.89. The Bertz CT molecular complexity index is 120. The fraction of sp³-hybridized carbons (Fsp3) is 0.500. The number of rotatable bonds is 0. The standard InChI is InChI=1S/3C2H4O2.6H2O.Tm/c3*1-2(3)4;;;;;;;/h3*1H3,(H,3,4);6*1H2;/q;;;;;;;;;+3/p-3. The molecule has 0 bridgehead atoms. The van der Waals surface area contributed by atoms with Crippen LogP contribution in [-0.4, -0.2) is 50.8 Å². The van der Waals surface area contributed by atoms with Crippen LogP contribution in [-0.2, 0) is 14.4 Å². The smallest absolute Gasteiger partial charge is 0.550 e. The van der Waals surface area contributed by atoms with E-state index >= 15 is 0 Å². The third kappa shape index (κ3) is 11600. The Morgan fingerprint density at radius 1 is 0.526 bits per heavy atom. The van der Waals surface area contributed by atoms with Gasteiger partial charge in [-0.25, -0.2) is 0 Å². The minimum absolute atomic E-state index is 0. The van der Waals surface area contributed by atoms with Gasteiger partial charge in [0.25, 0.3) is 0 Å². The van der Waals surface area contributed by atoms with Gasteiger partial charge in [0.15, 0.2) is 0 Å². The van der Waals surface area contributed by atoms with Crippen molar-refractivity contribution in [3.8, 4) is 0 Å². The maximum Gasteiger partial charge on any atom is 3.00 e. The Labute approximate surface area is 138 Å². The number of aliphatic carboxylic acids is 3. The Morgan fingerprint density at radius 3 is 0.526 bits per heavy atom. The summed E-state index contributed by atoms with van der Waals surface area (Å²) in [5.74, 6) is -3.25. The minimum atomic E-state index is -1.08. The van der Waals surface area contributed by atoms with Gasteiger partial charge >= 0.3 is 36.9 Å². The largest absolute Gasteiger partial charge is 3.00 e. The van der Waals surface area contributed by atoms with Crippen LogP contribution < -0.4 is 15.3 Å². The van der Waals surface area contributed by atoms with E-state index in [1.165, 1.54) is 0 Å². The maximum absolute atomic E-state index is 8.89. The topological polar surface area (TPSA) is 309 Å². The van der Waals surface area contributed by atoms with Crippen molar-refractivity contribution in [1.82, 2.24) is 0 Å². The number of carboxylic acid groups (broad SMARTS) is 3. The molecule has 0 aromatic rings. The monoisotopic (exact) mass is 454 g/mol. The van der Waals surface area contributed by atoms with E-state index in [1.54, 1.807) is 0 Å². The second-order valence-electron chi connectivity index (χ2n) is 1.47. The van der Waals surface area contributed by atoms with Crippen LogP contribution in [0.15, 0.2) is 0 Å². The van der Waals surface area contributed by atoms with Crippen LogP contribution in [0, 0.1) is 36.9 Å². The van der Waals surface area contributed by atoms with E-state index in [-0.39, 0.29) is 69.7 Å². The molecule has 13 heteroatoms. The predicted octanol–water partition coefficient (Wildman–Crippen LogP) is -8.68. The molecule has 0 aromatic heterocycles. The average molecular weight is 454 g/mol. The van der Waals surface area contributed by atoms with Crippen molar-refractivity contribution in [3.05, 3.63) is 0 Å². The van der Waals surface area contributed by atoms with Gasteiger partial charge < -0.3 is 62.6 Å². The molecule has 0 aliphatic carbocycles. The first-order valence-electron chi connectivity index (χ1n) is 2.72. The van der Waals surface area contributed by atoms with Gasteiger partial charge in [-0.1, -0.05) is 0 Å². The predicted molar refractivity (Wildman–Crippen MR) is 53.7 cm³/mol. The van der Waals surface area contributed by atoms with Gasteiger partial charge in [-0.2, -0.15) is 0 Å². The summed E-state index contributed by atoms with van der Waals surface area (Å²) >= 11 is 0. The van der Waals surface area contributed by atoms with Crippen LogP contribution in [0.4, 0.5) is 0 Å². The average Bonchev–Trinajstić information content (AvgIpc) is 1.54. The number of carbonyl (C=O) groups excluding carboxylic acids is 3. The van der Waals surface area contributed by atoms with E-state index in [2.05, 4.69) is 0 Å². The minimum Gasteiger partial charge on any atom is -0.550 e. The molecule has 0 atom stereocenters. The van der Waals surface area contributed by atoms with E-state index in [9.17, 15) is 0 Å². The van der Waals surface area contributed by atoms with Gasteiger partial charge in [-0.3, -0.25) is 0 Å². The fourth-order valence-electron chi connectivity index (χ4n) is 0. The van der Waals surface area contributed by atoms with Crippen molar-refractivity contribution in [3.63, 3.8) is 0 Å². The molecule has 12 N–H and O–H groups in total. The quantitative estimate of drug-likeness (QED) is 0.342. The summed E-state index contributed by atoms with van der Waals surface area (Å²) in [6.07, 6.45) is 0. The summed E-state index contributed by atoms with van der Waals surface area (Å²) in [7, 11) is 0. The van der Waals surface area contributed by atoms with Gasteiger partial charge in [0.05, 0.1) is 0 Å². The van der Waals surface area contributed by atoms with Gasteiger partial charge in [0, 0.05) is 17.9 Å². The van der Waals surface area contributed by atoms with Gasteiger partial charge in [0.1, 0.15) is 0 Å². The van der Waals surface area contributed by atoms with Crippen LogP contribution >= 0.6 is 0 Å². The number of carboxylic acids is 3.